The molecule has 2 atom stereocenters. The molecule has 1 fully saturated rings. The first-order valence-electron chi connectivity index (χ1n) is 8.84. The minimum Gasteiger partial charge on any atom is -0.478 e. The quantitative estimate of drug-likeness (QED) is 0.571. The molecule has 0 unspecified atom stereocenters. The number of carbonyl (C=O) groups is 1. The van der Waals surface area contributed by atoms with Gasteiger partial charge >= 0.3 is 0 Å². The number of fused-ring (bicyclic) bond motifs is 1. The van der Waals surface area contributed by atoms with Crippen LogP contribution in [0.4, 0.5) is 0 Å². The third-order valence-electron chi connectivity index (χ3n) is 4.85. The summed E-state index contributed by atoms with van der Waals surface area (Å²) in [6, 6.07) is 16.7. The summed E-state index contributed by atoms with van der Waals surface area (Å²) in [7, 11) is 0. The van der Waals surface area contributed by atoms with Gasteiger partial charge in [-0.2, -0.15) is 0 Å². The fraction of sp³-hybridized carbons (Fsp3) is 0.190. The highest BCUT2D eigenvalue weighted by atomic mass is 35.5. The molecule has 0 bridgehead atoms. The standard InChI is InChI=1S/C21H16ClNO4S/c22-14-4-6-15(7-5-14)27-20-19(18-2-1-9-28-18)23(21(20)24)11-13-3-8-16-17(10-13)26-12-25-16/h1-10,19-20H,11-12H2/t19-,20-/m1/s1. The minimum atomic E-state index is -0.547. The zero-order valence-electron chi connectivity index (χ0n) is 14.7. The highest BCUT2D eigenvalue weighted by Gasteiger charge is 2.50. The lowest BCUT2D eigenvalue weighted by atomic mass is 9.95. The van der Waals surface area contributed by atoms with E-state index in [1.54, 1.807) is 35.6 Å². The van der Waals surface area contributed by atoms with Gasteiger partial charge in [0.2, 0.25) is 12.9 Å². The van der Waals surface area contributed by atoms with Crippen molar-refractivity contribution in [2.24, 2.45) is 0 Å². The first-order chi connectivity index (χ1) is 13.7. The van der Waals surface area contributed by atoms with Crippen LogP contribution in [0.1, 0.15) is 16.5 Å². The van der Waals surface area contributed by atoms with Gasteiger partial charge in [0.15, 0.2) is 11.5 Å². The Balaban J connectivity index is 1.38. The Labute approximate surface area is 171 Å². The molecule has 2 aliphatic heterocycles. The summed E-state index contributed by atoms with van der Waals surface area (Å²) in [6.45, 7) is 0.717. The summed E-state index contributed by atoms with van der Waals surface area (Å²) in [5.74, 6) is 2.04. The van der Waals surface area contributed by atoms with Gasteiger partial charge in [-0.1, -0.05) is 23.7 Å². The molecule has 2 aromatic carbocycles. The molecular weight excluding hydrogens is 398 g/mol. The molecule has 0 spiro atoms. The van der Waals surface area contributed by atoms with E-state index >= 15 is 0 Å². The maximum atomic E-state index is 12.9. The summed E-state index contributed by atoms with van der Waals surface area (Å²) in [6.07, 6.45) is -0.547. The third-order valence-corrected chi connectivity index (χ3v) is 6.05. The number of thiophene rings is 1. The number of carbonyl (C=O) groups excluding carboxylic acids is 1. The second-order valence-electron chi connectivity index (χ2n) is 6.61. The van der Waals surface area contributed by atoms with Gasteiger partial charge in [0.05, 0.1) is 0 Å². The van der Waals surface area contributed by atoms with Gasteiger partial charge in [-0.15, -0.1) is 11.3 Å². The van der Waals surface area contributed by atoms with E-state index in [0.717, 1.165) is 16.2 Å². The lowest BCUT2D eigenvalue weighted by Gasteiger charge is -2.46. The number of hydrogen-bond donors (Lipinski definition) is 0. The Hall–Kier alpha value is -2.70. The fourth-order valence-corrected chi connectivity index (χ4v) is 4.45. The Morgan fingerprint density at radius 1 is 1.11 bits per heavy atom. The molecule has 3 heterocycles. The van der Waals surface area contributed by atoms with Gasteiger partial charge in [-0.05, 0) is 53.4 Å². The number of nitrogens with zero attached hydrogens (tertiary/aromatic N) is 1. The number of likely N-dealkylation sites (tertiary alicyclic amines) is 1. The molecule has 0 radical (unpaired) electrons. The number of hydrogen-bond acceptors (Lipinski definition) is 5. The average molecular weight is 414 g/mol. The Kier molecular flexibility index (Phi) is 4.37. The maximum absolute atomic E-state index is 12.9. The fourth-order valence-electron chi connectivity index (χ4n) is 3.47. The number of amides is 1. The van der Waals surface area contributed by atoms with Crippen LogP contribution in [0.25, 0.3) is 0 Å². The van der Waals surface area contributed by atoms with Crippen molar-refractivity contribution in [1.29, 1.82) is 0 Å². The van der Waals surface area contributed by atoms with Crippen molar-refractivity contribution >= 4 is 28.8 Å². The number of ether oxygens (including phenoxy) is 3. The number of halogens is 1. The van der Waals surface area contributed by atoms with Crippen molar-refractivity contribution in [2.45, 2.75) is 18.7 Å². The topological polar surface area (TPSA) is 48.0 Å². The monoisotopic (exact) mass is 413 g/mol. The van der Waals surface area contributed by atoms with E-state index in [-0.39, 0.29) is 18.7 Å². The lowest BCUT2D eigenvalue weighted by Crippen LogP contribution is -2.60. The summed E-state index contributed by atoms with van der Waals surface area (Å²) in [5, 5.41) is 2.64. The van der Waals surface area contributed by atoms with Gasteiger partial charge in [-0.25, -0.2) is 0 Å². The van der Waals surface area contributed by atoms with Crippen LogP contribution >= 0.6 is 22.9 Å². The van der Waals surface area contributed by atoms with Crippen LogP contribution in [0.3, 0.4) is 0 Å². The van der Waals surface area contributed by atoms with Crippen molar-refractivity contribution < 1.29 is 19.0 Å². The largest absolute Gasteiger partial charge is 0.478 e. The predicted octanol–water partition coefficient (Wildman–Crippen LogP) is 4.66. The smallest absolute Gasteiger partial charge is 0.267 e. The van der Waals surface area contributed by atoms with Crippen molar-refractivity contribution in [3.8, 4) is 17.2 Å². The molecular formula is C21H16ClNO4S. The zero-order valence-corrected chi connectivity index (χ0v) is 16.3. The van der Waals surface area contributed by atoms with Crippen LogP contribution in [-0.4, -0.2) is 23.7 Å². The molecule has 7 heteroatoms. The second-order valence-corrected chi connectivity index (χ2v) is 8.02. The van der Waals surface area contributed by atoms with Crippen LogP contribution in [0.15, 0.2) is 60.0 Å². The summed E-state index contributed by atoms with van der Waals surface area (Å²) < 4.78 is 16.8. The molecule has 1 saturated heterocycles. The lowest BCUT2D eigenvalue weighted by molar-refractivity contribution is -0.165. The molecule has 3 aromatic rings. The summed E-state index contributed by atoms with van der Waals surface area (Å²) in [4.78, 5) is 15.8. The molecule has 2 aliphatic rings. The molecule has 5 nitrogen and oxygen atoms in total. The van der Waals surface area contributed by atoms with Crippen molar-refractivity contribution in [3.05, 3.63) is 75.4 Å². The molecule has 142 valence electrons. The SMILES string of the molecule is O=C1[C@H](Oc2ccc(Cl)cc2)[C@@H](c2cccs2)N1Cc1ccc2c(c1)OCO2. The van der Waals surface area contributed by atoms with E-state index in [1.165, 1.54) is 0 Å². The molecule has 5 rings (SSSR count). The molecule has 1 amide bonds. The highest BCUT2D eigenvalue weighted by Crippen LogP contribution is 2.41. The van der Waals surface area contributed by atoms with Crippen LogP contribution in [-0.2, 0) is 11.3 Å². The van der Waals surface area contributed by atoms with E-state index in [2.05, 4.69) is 0 Å². The Morgan fingerprint density at radius 3 is 2.71 bits per heavy atom. The van der Waals surface area contributed by atoms with Gasteiger partial charge < -0.3 is 19.1 Å². The summed E-state index contributed by atoms with van der Waals surface area (Å²) >= 11 is 7.56. The van der Waals surface area contributed by atoms with Gasteiger partial charge in [-0.3, -0.25) is 4.79 Å². The van der Waals surface area contributed by atoms with E-state index in [4.69, 9.17) is 25.8 Å². The van der Waals surface area contributed by atoms with E-state index in [0.29, 0.717) is 23.1 Å². The van der Waals surface area contributed by atoms with Gasteiger partial charge in [0.1, 0.15) is 11.8 Å². The minimum absolute atomic E-state index is 0.0361. The number of rotatable bonds is 5. The molecule has 0 N–H and O–H groups in total. The Morgan fingerprint density at radius 2 is 1.93 bits per heavy atom. The summed E-state index contributed by atoms with van der Waals surface area (Å²) in [5.41, 5.74) is 0.990. The average Bonchev–Trinajstić information content (AvgIpc) is 3.39. The molecule has 0 aliphatic carbocycles. The molecule has 1 aromatic heterocycles. The van der Waals surface area contributed by atoms with Crippen LogP contribution in [0.2, 0.25) is 5.02 Å². The zero-order chi connectivity index (χ0) is 19.1. The van der Waals surface area contributed by atoms with Gasteiger partial charge in [0.25, 0.3) is 5.91 Å². The van der Waals surface area contributed by atoms with Crippen LogP contribution in [0, 0.1) is 0 Å². The molecule has 0 saturated carbocycles. The van der Waals surface area contributed by atoms with E-state index in [9.17, 15) is 4.79 Å². The normalized spacial score (nSPS) is 20.2. The van der Waals surface area contributed by atoms with Crippen molar-refractivity contribution in [1.82, 2.24) is 4.90 Å². The first kappa shape index (κ1) is 17.4. The Bertz CT molecular complexity index is 1010. The van der Waals surface area contributed by atoms with Crippen molar-refractivity contribution in [2.75, 3.05) is 6.79 Å². The number of benzene rings is 2. The van der Waals surface area contributed by atoms with Gasteiger partial charge in [0, 0.05) is 16.4 Å². The third kappa shape index (κ3) is 3.08. The van der Waals surface area contributed by atoms with E-state index < -0.39 is 6.10 Å². The maximum Gasteiger partial charge on any atom is 0.267 e. The van der Waals surface area contributed by atoms with Crippen LogP contribution in [0.5, 0.6) is 17.2 Å². The molecule has 28 heavy (non-hydrogen) atoms. The van der Waals surface area contributed by atoms with Crippen LogP contribution < -0.4 is 14.2 Å². The number of β-lactam (4-membered cyclic amide) rings is 1. The first-order valence-corrected chi connectivity index (χ1v) is 10.1. The second kappa shape index (κ2) is 7.04. The predicted molar refractivity (Wildman–Crippen MR) is 106 cm³/mol. The van der Waals surface area contributed by atoms with Crippen molar-refractivity contribution in [3.63, 3.8) is 0 Å². The van der Waals surface area contributed by atoms with E-state index in [1.807, 2.05) is 40.6 Å². The highest BCUT2D eigenvalue weighted by molar-refractivity contribution is 7.10.